The maximum absolute atomic E-state index is 12.0. The predicted octanol–water partition coefficient (Wildman–Crippen LogP) is 2.24. The number of carbonyl (C=O) groups is 2. The van der Waals surface area contributed by atoms with Gasteiger partial charge in [0.15, 0.2) is 6.04 Å². The third kappa shape index (κ3) is 3.52. The smallest absolute Gasteiger partial charge is 0.356 e. The molecule has 0 saturated heterocycles. The van der Waals surface area contributed by atoms with Crippen LogP contribution in [0.3, 0.4) is 0 Å². The van der Waals surface area contributed by atoms with E-state index in [4.69, 9.17) is 4.74 Å². The number of rotatable bonds is 6. The fraction of sp³-hybridized carbons (Fsp3) is 0.312. The Morgan fingerprint density at radius 3 is 2.59 bits per heavy atom. The molecule has 1 aromatic carbocycles. The third-order valence-corrected chi connectivity index (χ3v) is 3.19. The van der Waals surface area contributed by atoms with Crippen molar-refractivity contribution in [3.05, 3.63) is 53.3 Å². The molecule has 1 unspecified atom stereocenters. The van der Waals surface area contributed by atoms with Gasteiger partial charge in [0.25, 0.3) is 0 Å². The highest BCUT2D eigenvalue weighted by molar-refractivity contribution is 5.88. The van der Waals surface area contributed by atoms with E-state index in [-0.39, 0.29) is 18.7 Å². The molecule has 2 rings (SSSR count). The van der Waals surface area contributed by atoms with Crippen LogP contribution in [0.1, 0.15) is 34.7 Å². The molecule has 1 N–H and O–H groups in total. The van der Waals surface area contributed by atoms with Gasteiger partial charge >= 0.3 is 11.9 Å². The largest absolute Gasteiger partial charge is 0.480 e. The van der Waals surface area contributed by atoms with Gasteiger partial charge in [0.05, 0.1) is 12.3 Å². The quantitative estimate of drug-likeness (QED) is 0.828. The molecule has 0 amide bonds. The molecule has 22 heavy (non-hydrogen) atoms. The summed E-state index contributed by atoms with van der Waals surface area (Å²) in [4.78, 5) is 23.6. The molecule has 0 radical (unpaired) electrons. The monoisotopic (exact) mass is 302 g/mol. The van der Waals surface area contributed by atoms with Crippen LogP contribution in [0, 0.1) is 6.92 Å². The van der Waals surface area contributed by atoms with E-state index in [1.807, 2.05) is 30.3 Å². The van der Waals surface area contributed by atoms with Gasteiger partial charge in [-0.2, -0.15) is 5.10 Å². The number of hydrogen-bond acceptors (Lipinski definition) is 4. The third-order valence-electron chi connectivity index (χ3n) is 3.19. The number of aliphatic carboxylic acids is 1. The van der Waals surface area contributed by atoms with Crippen LogP contribution in [0.25, 0.3) is 0 Å². The molecule has 0 fully saturated rings. The number of aromatic nitrogens is 2. The van der Waals surface area contributed by atoms with E-state index in [9.17, 15) is 14.7 Å². The summed E-state index contributed by atoms with van der Waals surface area (Å²) in [6.45, 7) is 3.63. The van der Waals surface area contributed by atoms with Crippen molar-refractivity contribution in [3.8, 4) is 0 Å². The SMILES string of the molecule is CCOC(=O)c1cc(C)nn1C(Cc1ccccc1)C(=O)O. The summed E-state index contributed by atoms with van der Waals surface area (Å²) in [5, 5.41) is 13.7. The lowest BCUT2D eigenvalue weighted by Gasteiger charge is -2.15. The van der Waals surface area contributed by atoms with Crippen LogP contribution in [-0.2, 0) is 16.0 Å². The molecule has 1 aromatic heterocycles. The number of carboxylic acid groups (broad SMARTS) is 1. The van der Waals surface area contributed by atoms with Gasteiger partial charge in [-0.05, 0) is 25.5 Å². The first kappa shape index (κ1) is 15.8. The van der Waals surface area contributed by atoms with Gasteiger partial charge in [0, 0.05) is 6.42 Å². The zero-order valence-electron chi connectivity index (χ0n) is 12.5. The number of nitrogens with zero attached hydrogens (tertiary/aromatic N) is 2. The average Bonchev–Trinajstić information content (AvgIpc) is 2.87. The van der Waals surface area contributed by atoms with E-state index in [2.05, 4.69) is 5.10 Å². The van der Waals surface area contributed by atoms with Gasteiger partial charge in [-0.25, -0.2) is 14.3 Å². The Balaban J connectivity index is 2.37. The Kier molecular flexibility index (Phi) is 4.93. The van der Waals surface area contributed by atoms with Crippen molar-refractivity contribution in [1.29, 1.82) is 0 Å². The minimum Gasteiger partial charge on any atom is -0.480 e. The normalized spacial score (nSPS) is 11.9. The topological polar surface area (TPSA) is 81.4 Å². The van der Waals surface area contributed by atoms with Gasteiger partial charge in [-0.1, -0.05) is 30.3 Å². The van der Waals surface area contributed by atoms with Crippen molar-refractivity contribution in [2.75, 3.05) is 6.61 Å². The van der Waals surface area contributed by atoms with Crippen LogP contribution < -0.4 is 0 Å². The summed E-state index contributed by atoms with van der Waals surface area (Å²) in [7, 11) is 0. The molecule has 0 aliphatic carbocycles. The Morgan fingerprint density at radius 2 is 2.00 bits per heavy atom. The maximum atomic E-state index is 12.0. The van der Waals surface area contributed by atoms with Gasteiger partial charge in [-0.3, -0.25) is 0 Å². The van der Waals surface area contributed by atoms with Crippen LogP contribution >= 0.6 is 0 Å². The van der Waals surface area contributed by atoms with Gasteiger partial charge in [0.1, 0.15) is 5.69 Å². The molecular weight excluding hydrogens is 284 g/mol. The van der Waals surface area contributed by atoms with E-state index in [0.29, 0.717) is 5.69 Å². The zero-order valence-corrected chi connectivity index (χ0v) is 12.5. The first-order chi connectivity index (χ1) is 10.5. The van der Waals surface area contributed by atoms with Crippen LogP contribution in [0.4, 0.5) is 0 Å². The van der Waals surface area contributed by atoms with Crippen molar-refractivity contribution in [1.82, 2.24) is 9.78 Å². The summed E-state index contributed by atoms with van der Waals surface area (Å²) in [6.07, 6.45) is 0.240. The highest BCUT2D eigenvalue weighted by atomic mass is 16.5. The molecule has 6 heteroatoms. The van der Waals surface area contributed by atoms with E-state index in [1.54, 1.807) is 19.9 Å². The Labute approximate surface area is 128 Å². The summed E-state index contributed by atoms with van der Waals surface area (Å²) >= 11 is 0. The summed E-state index contributed by atoms with van der Waals surface area (Å²) < 4.78 is 6.21. The number of ether oxygens (including phenoxy) is 1. The van der Waals surface area contributed by atoms with Crippen LogP contribution in [0.5, 0.6) is 0 Å². The Hall–Kier alpha value is -2.63. The fourth-order valence-electron chi connectivity index (χ4n) is 2.23. The molecule has 0 spiro atoms. The lowest BCUT2D eigenvalue weighted by atomic mass is 10.1. The number of carboxylic acids is 1. The van der Waals surface area contributed by atoms with E-state index in [0.717, 1.165) is 5.56 Å². The molecule has 0 saturated carbocycles. The molecule has 2 aromatic rings. The number of carbonyl (C=O) groups excluding carboxylic acids is 1. The first-order valence-electron chi connectivity index (χ1n) is 7.03. The van der Waals surface area contributed by atoms with Crippen LogP contribution in [-0.4, -0.2) is 33.4 Å². The number of esters is 1. The maximum Gasteiger partial charge on any atom is 0.356 e. The lowest BCUT2D eigenvalue weighted by molar-refractivity contribution is -0.141. The van der Waals surface area contributed by atoms with E-state index < -0.39 is 18.0 Å². The second kappa shape index (κ2) is 6.89. The number of benzene rings is 1. The number of hydrogen-bond donors (Lipinski definition) is 1. The molecular formula is C16H18N2O4. The van der Waals surface area contributed by atoms with Crippen molar-refractivity contribution in [2.45, 2.75) is 26.3 Å². The summed E-state index contributed by atoms with van der Waals surface area (Å²) in [5.41, 5.74) is 1.59. The van der Waals surface area contributed by atoms with Crippen molar-refractivity contribution in [2.24, 2.45) is 0 Å². The molecule has 6 nitrogen and oxygen atoms in total. The van der Waals surface area contributed by atoms with Gasteiger partial charge < -0.3 is 9.84 Å². The second-order valence-electron chi connectivity index (χ2n) is 4.88. The fourth-order valence-corrected chi connectivity index (χ4v) is 2.23. The minimum atomic E-state index is -1.04. The molecule has 0 aliphatic rings. The van der Waals surface area contributed by atoms with Crippen LogP contribution in [0.15, 0.2) is 36.4 Å². The van der Waals surface area contributed by atoms with Gasteiger partial charge in [0.2, 0.25) is 0 Å². The Morgan fingerprint density at radius 1 is 1.32 bits per heavy atom. The Bertz CT molecular complexity index is 664. The zero-order chi connectivity index (χ0) is 16.1. The molecule has 1 atom stereocenters. The average molecular weight is 302 g/mol. The summed E-state index contributed by atoms with van der Waals surface area (Å²) in [5.74, 6) is -1.61. The lowest BCUT2D eigenvalue weighted by Crippen LogP contribution is -2.26. The highest BCUT2D eigenvalue weighted by Crippen LogP contribution is 2.18. The summed E-state index contributed by atoms with van der Waals surface area (Å²) in [6, 6.07) is 9.81. The van der Waals surface area contributed by atoms with Crippen molar-refractivity contribution >= 4 is 11.9 Å². The van der Waals surface area contributed by atoms with E-state index >= 15 is 0 Å². The second-order valence-corrected chi connectivity index (χ2v) is 4.88. The first-order valence-corrected chi connectivity index (χ1v) is 7.03. The van der Waals surface area contributed by atoms with Crippen molar-refractivity contribution < 1.29 is 19.4 Å². The van der Waals surface area contributed by atoms with E-state index in [1.165, 1.54) is 4.68 Å². The van der Waals surface area contributed by atoms with Crippen molar-refractivity contribution in [3.63, 3.8) is 0 Å². The predicted molar refractivity (Wildman–Crippen MR) is 79.7 cm³/mol. The molecule has 0 bridgehead atoms. The standard InChI is InChI=1S/C16H18N2O4/c1-3-22-16(21)14-9-11(2)17-18(14)13(15(19)20)10-12-7-5-4-6-8-12/h4-9,13H,3,10H2,1-2H3,(H,19,20). The highest BCUT2D eigenvalue weighted by Gasteiger charge is 2.27. The van der Waals surface area contributed by atoms with Gasteiger partial charge in [-0.15, -0.1) is 0 Å². The minimum absolute atomic E-state index is 0.155. The number of aryl methyl sites for hydroxylation is 1. The molecule has 1 heterocycles. The molecule has 116 valence electrons. The van der Waals surface area contributed by atoms with Crippen LogP contribution in [0.2, 0.25) is 0 Å². The molecule has 0 aliphatic heterocycles.